The first kappa shape index (κ1) is 46.5. The Bertz CT molecular complexity index is 4090. The SMILES string of the molecule is Cc1c2c(n(-c3ccccc3-c3ccccc3)c1-c1cc(C3=Nc4cccnc4CC(C4(C)CC=CC=C4c4ccccc4)C3C)cc(-c3nc4cccnc4n3-c3ccccc3-c3ccccc3)c1)[N+](C)=CCC#C2. The number of aliphatic imine (C=N–C) groups is 1. The fourth-order valence-corrected chi connectivity index (χ4v) is 12.4. The van der Waals surface area contributed by atoms with Crippen molar-refractivity contribution in [1.82, 2.24) is 24.1 Å². The maximum Gasteiger partial charge on any atom is 0.302 e. The number of para-hydroxylation sites is 2. The van der Waals surface area contributed by atoms with Gasteiger partial charge in [-0.15, -0.1) is 0 Å². The average Bonchev–Trinajstić information content (AvgIpc) is 3.86. The third kappa shape index (κ3) is 7.97. The van der Waals surface area contributed by atoms with Crippen LogP contribution in [0.1, 0.15) is 54.6 Å². The highest BCUT2D eigenvalue weighted by molar-refractivity contribution is 6.06. The molecule has 3 aliphatic rings. The largest absolute Gasteiger partial charge is 0.302 e. The number of fused-ring (bicyclic) bond motifs is 3. The summed E-state index contributed by atoms with van der Waals surface area (Å²) in [5, 5.41) is 0. The molecule has 1 aliphatic carbocycles. The highest BCUT2D eigenvalue weighted by Gasteiger charge is 2.44. The van der Waals surface area contributed by atoms with Gasteiger partial charge in [-0.2, -0.15) is 4.57 Å². The zero-order valence-corrected chi connectivity index (χ0v) is 43.2. The Labute approximate surface area is 444 Å². The summed E-state index contributed by atoms with van der Waals surface area (Å²) in [7, 11) is 2.15. The van der Waals surface area contributed by atoms with Crippen LogP contribution in [0, 0.1) is 36.0 Å². The van der Waals surface area contributed by atoms with E-state index in [4.69, 9.17) is 19.9 Å². The highest BCUT2D eigenvalue weighted by atomic mass is 15.2. The van der Waals surface area contributed by atoms with Crippen LogP contribution in [0.5, 0.6) is 0 Å². The monoisotopic (exact) mass is 982 g/mol. The standard InChI is InChI=1S/C69H56N7/c1-46-54-30-19-21-41-74(4)68(54)75(62-36-16-14-31-55(62)48-24-8-5-9-25-48)65(46)52-42-51(43-53(44-52)66-73-60-35-23-40-71-67(60)76(66)63-37-17-15-32-56(63)49-26-10-6-11-27-49)64-47(2)58(45-61-59(72-64)34-22-39-70-61)69(3)38-20-18-33-57(69)50-28-12-7-13-29-50/h5-18,20,22-29,31-37,39-44,47,58H,21,38,45H2,1-4H3/q+1. The lowest BCUT2D eigenvalue weighted by atomic mass is 9.60. The first-order valence-electron chi connectivity index (χ1n) is 26.4. The molecule has 10 aromatic rings. The fourth-order valence-electron chi connectivity index (χ4n) is 12.4. The van der Waals surface area contributed by atoms with Crippen molar-refractivity contribution in [3.63, 3.8) is 0 Å². The predicted molar refractivity (Wildman–Crippen MR) is 311 cm³/mol. The minimum Gasteiger partial charge on any atom is -0.276 e. The number of rotatable bonds is 9. The summed E-state index contributed by atoms with van der Waals surface area (Å²) >= 11 is 0. The summed E-state index contributed by atoms with van der Waals surface area (Å²) in [4.78, 5) is 21.5. The molecule has 0 fully saturated rings. The number of allylic oxidation sites excluding steroid dienone is 4. The molecular weight excluding hydrogens is 927 g/mol. The van der Waals surface area contributed by atoms with Gasteiger partial charge in [-0.25, -0.2) is 14.5 Å². The van der Waals surface area contributed by atoms with E-state index in [-0.39, 0.29) is 17.3 Å². The molecule has 0 spiro atoms. The number of aromatic nitrogens is 5. The van der Waals surface area contributed by atoms with Gasteiger partial charge in [0, 0.05) is 51.5 Å². The molecule has 2 aliphatic heterocycles. The van der Waals surface area contributed by atoms with Gasteiger partial charge < -0.3 is 0 Å². The Morgan fingerprint density at radius 1 is 0.645 bits per heavy atom. The molecule has 7 heteroatoms. The van der Waals surface area contributed by atoms with Gasteiger partial charge in [0.1, 0.15) is 28.3 Å². The van der Waals surface area contributed by atoms with Gasteiger partial charge in [0.05, 0.1) is 42.5 Å². The van der Waals surface area contributed by atoms with E-state index in [1.807, 2.05) is 24.5 Å². The van der Waals surface area contributed by atoms with Crippen LogP contribution >= 0.6 is 0 Å². The third-order valence-corrected chi connectivity index (χ3v) is 16.1. The Balaban J connectivity index is 1.12. The van der Waals surface area contributed by atoms with Crippen LogP contribution in [-0.4, -0.2) is 47.6 Å². The zero-order valence-electron chi connectivity index (χ0n) is 43.2. The van der Waals surface area contributed by atoms with Gasteiger partial charge >= 0.3 is 5.82 Å². The first-order chi connectivity index (χ1) is 37.3. The van der Waals surface area contributed by atoms with Crippen molar-refractivity contribution in [2.24, 2.45) is 22.2 Å². The number of nitrogens with zero attached hydrogens (tertiary/aromatic N) is 7. The Morgan fingerprint density at radius 2 is 1.26 bits per heavy atom. The number of pyridine rings is 2. The van der Waals surface area contributed by atoms with Crippen molar-refractivity contribution in [3.05, 3.63) is 241 Å². The summed E-state index contributed by atoms with van der Waals surface area (Å²) in [6.45, 7) is 7.10. The van der Waals surface area contributed by atoms with Crippen molar-refractivity contribution < 1.29 is 4.58 Å². The lowest BCUT2D eigenvalue weighted by molar-refractivity contribution is -0.406. The lowest BCUT2D eigenvalue weighted by Gasteiger charge is -2.44. The minimum atomic E-state index is -0.250. The lowest BCUT2D eigenvalue weighted by Crippen LogP contribution is -2.38. The average molecular weight is 983 g/mol. The second-order valence-electron chi connectivity index (χ2n) is 20.6. The normalized spacial score (nSPS) is 17.8. The quantitative estimate of drug-likeness (QED) is 0.107. The van der Waals surface area contributed by atoms with Crippen LogP contribution in [0.2, 0.25) is 0 Å². The summed E-state index contributed by atoms with van der Waals surface area (Å²) < 4.78 is 6.96. The molecular formula is C69H56N7+. The van der Waals surface area contributed by atoms with Gasteiger partial charge in [0.25, 0.3) is 0 Å². The Hall–Kier alpha value is -9.25. The molecule has 0 bridgehead atoms. The number of hydrogen-bond donors (Lipinski definition) is 0. The van der Waals surface area contributed by atoms with E-state index in [9.17, 15) is 0 Å². The van der Waals surface area contributed by atoms with Crippen LogP contribution in [0.25, 0.3) is 73.0 Å². The second-order valence-corrected chi connectivity index (χ2v) is 20.6. The first-order valence-corrected chi connectivity index (χ1v) is 26.4. The molecule has 0 saturated carbocycles. The topological polar surface area (TPSA) is 63.9 Å². The summed E-state index contributed by atoms with van der Waals surface area (Å²) in [5.41, 5.74) is 19.5. The molecule has 0 saturated heterocycles. The van der Waals surface area contributed by atoms with E-state index < -0.39 is 0 Å². The van der Waals surface area contributed by atoms with Crippen LogP contribution in [0.4, 0.5) is 11.5 Å². The summed E-state index contributed by atoms with van der Waals surface area (Å²) in [5.74, 6) is 9.06. The smallest absolute Gasteiger partial charge is 0.276 e. The van der Waals surface area contributed by atoms with Crippen LogP contribution in [0.15, 0.2) is 218 Å². The molecule has 0 N–H and O–H groups in total. The van der Waals surface area contributed by atoms with E-state index in [0.29, 0.717) is 6.42 Å². The van der Waals surface area contributed by atoms with E-state index in [1.54, 1.807) is 0 Å². The second kappa shape index (κ2) is 19.2. The van der Waals surface area contributed by atoms with Gasteiger partial charge in [-0.1, -0.05) is 171 Å². The molecule has 7 nitrogen and oxygen atoms in total. The van der Waals surface area contributed by atoms with Crippen molar-refractivity contribution in [2.75, 3.05) is 7.05 Å². The molecule has 13 rings (SSSR count). The van der Waals surface area contributed by atoms with E-state index in [2.05, 4.69) is 248 Å². The number of imidazole rings is 1. The molecule has 6 aromatic carbocycles. The molecule has 0 amide bonds. The summed E-state index contributed by atoms with van der Waals surface area (Å²) in [6, 6.07) is 64.9. The van der Waals surface area contributed by atoms with Crippen molar-refractivity contribution in [2.45, 2.75) is 40.0 Å². The van der Waals surface area contributed by atoms with Crippen LogP contribution in [-0.2, 0) is 6.42 Å². The van der Waals surface area contributed by atoms with E-state index in [0.717, 1.165) is 120 Å². The molecule has 3 atom stereocenters. The molecule has 366 valence electrons. The number of hydrogen-bond acceptors (Lipinski definition) is 4. The molecule has 3 unspecified atom stereocenters. The van der Waals surface area contributed by atoms with Crippen molar-refractivity contribution >= 4 is 40.2 Å². The Morgan fingerprint density at radius 3 is 1.99 bits per heavy atom. The molecule has 76 heavy (non-hydrogen) atoms. The minimum absolute atomic E-state index is 0.0183. The van der Waals surface area contributed by atoms with Gasteiger partial charge in [0.2, 0.25) is 0 Å². The predicted octanol–water partition coefficient (Wildman–Crippen LogP) is 15.7. The van der Waals surface area contributed by atoms with Crippen LogP contribution in [0.3, 0.4) is 0 Å². The molecule has 0 radical (unpaired) electrons. The maximum absolute atomic E-state index is 5.79. The highest BCUT2D eigenvalue weighted by Crippen LogP contribution is 2.53. The molecule has 6 heterocycles. The van der Waals surface area contributed by atoms with E-state index in [1.165, 1.54) is 11.1 Å². The molecule has 4 aromatic heterocycles. The van der Waals surface area contributed by atoms with Gasteiger partial charge in [-0.3, -0.25) is 14.5 Å². The van der Waals surface area contributed by atoms with Crippen molar-refractivity contribution in [3.8, 4) is 68.1 Å². The van der Waals surface area contributed by atoms with Crippen LogP contribution < -0.4 is 0 Å². The zero-order chi connectivity index (χ0) is 51.3. The van der Waals surface area contributed by atoms with Crippen molar-refractivity contribution in [1.29, 1.82) is 0 Å². The van der Waals surface area contributed by atoms with E-state index >= 15 is 0 Å². The van der Waals surface area contributed by atoms with Gasteiger partial charge in [-0.05, 0) is 108 Å². The summed E-state index contributed by atoms with van der Waals surface area (Å²) in [6.07, 6.45) is 15.2. The third-order valence-electron chi connectivity index (χ3n) is 16.1. The maximum atomic E-state index is 5.79. The Kier molecular flexibility index (Phi) is 11.8. The van der Waals surface area contributed by atoms with Gasteiger partial charge in [0.15, 0.2) is 5.65 Å². The fraction of sp³-hybridized carbons (Fsp3) is 0.145. The number of benzene rings is 6.